The van der Waals surface area contributed by atoms with Gasteiger partial charge < -0.3 is 14.5 Å². The standard InChI is InChI=1S/C21H18BrN3O3/c1-3-8-28-18-7-4-13(10-19(18)27-2)9-14(12-23)20-24-17-6-5-15(22)11-16(17)21(26)25-20/h4-7,9-11H,3,8H2,1-2H3,(H,24,25,26)/b14-9+. The zero-order valence-corrected chi connectivity index (χ0v) is 17.0. The molecule has 0 unspecified atom stereocenters. The largest absolute Gasteiger partial charge is 0.493 e. The first-order chi connectivity index (χ1) is 13.5. The van der Waals surface area contributed by atoms with Crippen molar-refractivity contribution in [3.05, 3.63) is 62.6 Å². The van der Waals surface area contributed by atoms with Crippen LogP contribution in [0.4, 0.5) is 0 Å². The summed E-state index contributed by atoms with van der Waals surface area (Å²) < 4.78 is 11.8. The number of fused-ring (bicyclic) bond motifs is 1. The summed E-state index contributed by atoms with van der Waals surface area (Å²) in [4.78, 5) is 19.5. The Balaban J connectivity index is 2.03. The molecule has 0 amide bonds. The van der Waals surface area contributed by atoms with Crippen molar-refractivity contribution < 1.29 is 9.47 Å². The molecular formula is C21H18BrN3O3. The number of nitriles is 1. The molecule has 0 fully saturated rings. The van der Waals surface area contributed by atoms with Crippen LogP contribution >= 0.6 is 15.9 Å². The molecule has 2 aromatic carbocycles. The second-order valence-electron chi connectivity index (χ2n) is 6.00. The lowest BCUT2D eigenvalue weighted by atomic mass is 10.1. The minimum absolute atomic E-state index is 0.215. The number of benzene rings is 2. The highest BCUT2D eigenvalue weighted by molar-refractivity contribution is 9.10. The van der Waals surface area contributed by atoms with Crippen LogP contribution in [0.25, 0.3) is 22.6 Å². The summed E-state index contributed by atoms with van der Waals surface area (Å²) in [5, 5.41) is 10.1. The van der Waals surface area contributed by atoms with E-state index in [1.165, 1.54) is 0 Å². The zero-order chi connectivity index (χ0) is 20.1. The molecule has 6 nitrogen and oxygen atoms in total. The van der Waals surface area contributed by atoms with Gasteiger partial charge in [0.1, 0.15) is 6.07 Å². The van der Waals surface area contributed by atoms with Crippen LogP contribution in [-0.2, 0) is 0 Å². The predicted molar refractivity (Wildman–Crippen MR) is 112 cm³/mol. The SMILES string of the molecule is CCCOc1ccc(/C=C(\C#N)c2nc3ccc(Br)cc3c(=O)[nH]2)cc1OC. The lowest BCUT2D eigenvalue weighted by molar-refractivity contribution is 0.294. The molecule has 0 aliphatic rings. The van der Waals surface area contributed by atoms with Crippen LogP contribution in [0.5, 0.6) is 11.5 Å². The number of aromatic nitrogens is 2. The van der Waals surface area contributed by atoms with Crippen LogP contribution in [0.3, 0.4) is 0 Å². The fourth-order valence-corrected chi connectivity index (χ4v) is 3.03. The number of H-pyrrole nitrogens is 1. The Hall–Kier alpha value is -3.11. The Morgan fingerprint density at radius 3 is 2.82 bits per heavy atom. The molecular weight excluding hydrogens is 422 g/mol. The molecule has 0 aliphatic carbocycles. The molecule has 1 N–H and O–H groups in total. The Kier molecular flexibility index (Phi) is 6.12. The van der Waals surface area contributed by atoms with E-state index in [0.717, 1.165) is 16.5 Å². The molecule has 1 aromatic heterocycles. The number of halogens is 1. The number of aromatic amines is 1. The van der Waals surface area contributed by atoms with E-state index in [4.69, 9.17) is 9.47 Å². The predicted octanol–water partition coefficient (Wildman–Crippen LogP) is 4.55. The minimum Gasteiger partial charge on any atom is -0.493 e. The van der Waals surface area contributed by atoms with Gasteiger partial charge in [0.05, 0.1) is 30.2 Å². The number of methoxy groups -OCH3 is 1. The summed E-state index contributed by atoms with van der Waals surface area (Å²) in [7, 11) is 1.56. The summed E-state index contributed by atoms with van der Waals surface area (Å²) in [6.45, 7) is 2.62. The Bertz CT molecular complexity index is 1150. The van der Waals surface area contributed by atoms with Crippen molar-refractivity contribution in [1.82, 2.24) is 9.97 Å². The van der Waals surface area contributed by atoms with Crippen LogP contribution in [0.15, 0.2) is 45.7 Å². The van der Waals surface area contributed by atoms with Crippen molar-refractivity contribution in [1.29, 1.82) is 5.26 Å². The van der Waals surface area contributed by atoms with Gasteiger partial charge in [-0.3, -0.25) is 4.79 Å². The third-order valence-corrected chi connectivity index (χ3v) is 4.50. The Morgan fingerprint density at radius 2 is 2.11 bits per heavy atom. The molecule has 0 radical (unpaired) electrons. The third-order valence-electron chi connectivity index (χ3n) is 4.00. The lowest BCUT2D eigenvalue weighted by Crippen LogP contribution is -2.11. The highest BCUT2D eigenvalue weighted by Crippen LogP contribution is 2.29. The quantitative estimate of drug-likeness (QED) is 0.569. The lowest BCUT2D eigenvalue weighted by Gasteiger charge is -2.10. The van der Waals surface area contributed by atoms with Crippen molar-refractivity contribution >= 4 is 38.5 Å². The highest BCUT2D eigenvalue weighted by atomic mass is 79.9. The monoisotopic (exact) mass is 439 g/mol. The number of rotatable bonds is 6. The maximum absolute atomic E-state index is 12.4. The highest BCUT2D eigenvalue weighted by Gasteiger charge is 2.10. The molecule has 1 heterocycles. The fourth-order valence-electron chi connectivity index (χ4n) is 2.66. The molecule has 0 saturated heterocycles. The van der Waals surface area contributed by atoms with Crippen LogP contribution in [0.1, 0.15) is 24.7 Å². The molecule has 0 spiro atoms. The van der Waals surface area contributed by atoms with Crippen molar-refractivity contribution in [2.45, 2.75) is 13.3 Å². The van der Waals surface area contributed by atoms with Crippen LogP contribution in [0, 0.1) is 11.3 Å². The van der Waals surface area contributed by atoms with Gasteiger partial charge in [0.15, 0.2) is 17.3 Å². The summed E-state index contributed by atoms with van der Waals surface area (Å²) in [5.74, 6) is 1.43. The molecule has 28 heavy (non-hydrogen) atoms. The van der Waals surface area contributed by atoms with Gasteiger partial charge in [-0.15, -0.1) is 0 Å². The summed E-state index contributed by atoms with van der Waals surface area (Å²) in [6.07, 6.45) is 2.54. The van der Waals surface area contributed by atoms with Crippen molar-refractivity contribution in [3.8, 4) is 17.6 Å². The van der Waals surface area contributed by atoms with E-state index in [1.807, 2.05) is 13.0 Å². The second-order valence-corrected chi connectivity index (χ2v) is 6.92. The number of ether oxygens (including phenoxy) is 2. The average Bonchev–Trinajstić information content (AvgIpc) is 2.71. The summed E-state index contributed by atoms with van der Waals surface area (Å²) in [6, 6.07) is 12.7. The van der Waals surface area contributed by atoms with Gasteiger partial charge in [0, 0.05) is 4.47 Å². The molecule has 0 saturated carbocycles. The van der Waals surface area contributed by atoms with Gasteiger partial charge in [-0.25, -0.2) is 4.98 Å². The van der Waals surface area contributed by atoms with Crippen molar-refractivity contribution in [3.63, 3.8) is 0 Å². The van der Waals surface area contributed by atoms with E-state index in [9.17, 15) is 10.1 Å². The van der Waals surface area contributed by atoms with Crippen LogP contribution < -0.4 is 15.0 Å². The maximum Gasteiger partial charge on any atom is 0.259 e. The maximum atomic E-state index is 12.4. The number of nitrogens with zero attached hydrogens (tertiary/aromatic N) is 2. The van der Waals surface area contributed by atoms with E-state index in [1.54, 1.807) is 43.5 Å². The molecule has 142 valence electrons. The Labute approximate surface area is 170 Å². The number of hydrogen-bond donors (Lipinski definition) is 1. The molecule has 0 bridgehead atoms. The van der Waals surface area contributed by atoms with E-state index in [2.05, 4.69) is 32.0 Å². The van der Waals surface area contributed by atoms with Crippen LogP contribution in [0.2, 0.25) is 0 Å². The van der Waals surface area contributed by atoms with Gasteiger partial charge in [-0.2, -0.15) is 5.26 Å². The van der Waals surface area contributed by atoms with Gasteiger partial charge in [-0.1, -0.05) is 28.9 Å². The van der Waals surface area contributed by atoms with Crippen molar-refractivity contribution in [2.75, 3.05) is 13.7 Å². The average molecular weight is 440 g/mol. The number of hydrogen-bond acceptors (Lipinski definition) is 5. The first kappa shape index (κ1) is 19.6. The first-order valence-corrected chi connectivity index (χ1v) is 9.47. The summed E-state index contributed by atoms with van der Waals surface area (Å²) >= 11 is 3.34. The number of allylic oxidation sites excluding steroid dienone is 1. The van der Waals surface area contributed by atoms with Crippen molar-refractivity contribution in [2.24, 2.45) is 0 Å². The van der Waals surface area contributed by atoms with E-state index in [-0.39, 0.29) is 17.0 Å². The molecule has 0 aliphatic heterocycles. The summed E-state index contributed by atoms with van der Waals surface area (Å²) in [5.41, 5.74) is 1.19. The zero-order valence-electron chi connectivity index (χ0n) is 15.5. The van der Waals surface area contributed by atoms with E-state index in [0.29, 0.717) is 29.0 Å². The Morgan fingerprint density at radius 1 is 1.29 bits per heavy atom. The minimum atomic E-state index is -0.302. The van der Waals surface area contributed by atoms with Crippen LogP contribution in [-0.4, -0.2) is 23.7 Å². The second kappa shape index (κ2) is 8.72. The molecule has 3 aromatic rings. The van der Waals surface area contributed by atoms with Gasteiger partial charge in [0.25, 0.3) is 5.56 Å². The smallest absolute Gasteiger partial charge is 0.259 e. The molecule has 0 atom stereocenters. The molecule has 7 heteroatoms. The van der Waals surface area contributed by atoms with Gasteiger partial charge >= 0.3 is 0 Å². The first-order valence-electron chi connectivity index (χ1n) is 8.68. The van der Waals surface area contributed by atoms with Gasteiger partial charge in [0.2, 0.25) is 0 Å². The normalized spacial score (nSPS) is 11.3. The molecule has 3 rings (SSSR count). The van der Waals surface area contributed by atoms with E-state index < -0.39 is 0 Å². The van der Waals surface area contributed by atoms with Gasteiger partial charge in [-0.05, 0) is 48.4 Å². The van der Waals surface area contributed by atoms with E-state index >= 15 is 0 Å². The topological polar surface area (TPSA) is 88.0 Å². The number of nitrogens with one attached hydrogen (secondary N) is 1. The fraction of sp³-hybridized carbons (Fsp3) is 0.190. The third kappa shape index (κ3) is 4.24.